The summed E-state index contributed by atoms with van der Waals surface area (Å²) in [5, 5.41) is 5.30. The predicted octanol–water partition coefficient (Wildman–Crippen LogP) is 1.65. The third-order valence-electron chi connectivity index (χ3n) is 3.44. The molecule has 0 aliphatic rings. The summed E-state index contributed by atoms with van der Waals surface area (Å²) in [5.41, 5.74) is 0.915. The molecule has 1 aromatic rings. The maximum atomic E-state index is 12.5. The summed E-state index contributed by atoms with van der Waals surface area (Å²) in [7, 11) is 1.28. The van der Waals surface area contributed by atoms with Crippen LogP contribution in [0.3, 0.4) is 0 Å². The van der Waals surface area contributed by atoms with E-state index in [0.29, 0.717) is 6.42 Å². The third-order valence-corrected chi connectivity index (χ3v) is 4.11. The van der Waals surface area contributed by atoms with Gasteiger partial charge in [-0.2, -0.15) is 0 Å². The fraction of sp³-hybridized carbons (Fsp3) is 0.471. The van der Waals surface area contributed by atoms with Crippen LogP contribution in [0.15, 0.2) is 24.3 Å². The van der Waals surface area contributed by atoms with E-state index in [2.05, 4.69) is 33.2 Å². The molecule has 2 atom stereocenters. The summed E-state index contributed by atoms with van der Waals surface area (Å²) in [6, 6.07) is 6.15. The van der Waals surface area contributed by atoms with E-state index in [0.717, 1.165) is 9.13 Å². The first-order valence-electron chi connectivity index (χ1n) is 7.64. The van der Waals surface area contributed by atoms with Crippen LogP contribution in [0.2, 0.25) is 0 Å². The van der Waals surface area contributed by atoms with E-state index in [9.17, 15) is 14.4 Å². The molecular formula is C17H23IN2O4. The van der Waals surface area contributed by atoms with Gasteiger partial charge in [0.05, 0.1) is 7.11 Å². The van der Waals surface area contributed by atoms with Crippen molar-refractivity contribution in [3.8, 4) is 0 Å². The zero-order valence-corrected chi connectivity index (χ0v) is 16.4. The Morgan fingerprint density at radius 2 is 1.88 bits per heavy atom. The average molecular weight is 446 g/mol. The zero-order chi connectivity index (χ0) is 18.3. The molecule has 6 nitrogen and oxygen atoms in total. The van der Waals surface area contributed by atoms with E-state index in [1.54, 1.807) is 0 Å². The second-order valence-corrected chi connectivity index (χ2v) is 7.09. The highest BCUT2D eigenvalue weighted by molar-refractivity contribution is 14.1. The number of nitrogens with one attached hydrogen (secondary N) is 2. The summed E-state index contributed by atoms with van der Waals surface area (Å²) in [4.78, 5) is 35.8. The number of methoxy groups -OCH3 is 1. The number of halogens is 1. The summed E-state index contributed by atoms with van der Waals surface area (Å²) in [5.74, 6) is -1.32. The van der Waals surface area contributed by atoms with Crippen molar-refractivity contribution in [1.82, 2.24) is 10.6 Å². The normalized spacial score (nSPS) is 13.1. The van der Waals surface area contributed by atoms with Gasteiger partial charge in [0.25, 0.3) is 0 Å². The lowest BCUT2D eigenvalue weighted by molar-refractivity contribution is -0.145. The fourth-order valence-electron chi connectivity index (χ4n) is 2.25. The topological polar surface area (TPSA) is 84.5 Å². The van der Waals surface area contributed by atoms with Crippen LogP contribution >= 0.6 is 22.6 Å². The van der Waals surface area contributed by atoms with Crippen LogP contribution in [0.25, 0.3) is 0 Å². The van der Waals surface area contributed by atoms with Crippen molar-refractivity contribution in [3.05, 3.63) is 33.4 Å². The molecule has 24 heavy (non-hydrogen) atoms. The molecule has 0 saturated heterocycles. The van der Waals surface area contributed by atoms with E-state index in [1.807, 2.05) is 38.1 Å². The molecule has 0 aromatic heterocycles. The molecule has 0 aliphatic heterocycles. The van der Waals surface area contributed by atoms with Gasteiger partial charge in [-0.1, -0.05) is 26.0 Å². The van der Waals surface area contributed by atoms with Crippen molar-refractivity contribution in [1.29, 1.82) is 0 Å². The van der Waals surface area contributed by atoms with Crippen molar-refractivity contribution in [2.24, 2.45) is 5.92 Å². The molecule has 0 saturated carbocycles. The number of rotatable bonds is 7. The molecule has 0 bridgehead atoms. The van der Waals surface area contributed by atoms with Crippen molar-refractivity contribution >= 4 is 40.4 Å². The van der Waals surface area contributed by atoms with Gasteiger partial charge >= 0.3 is 5.97 Å². The highest BCUT2D eigenvalue weighted by Gasteiger charge is 2.28. The number of carbonyl (C=O) groups is 3. The van der Waals surface area contributed by atoms with Gasteiger partial charge in [0.1, 0.15) is 12.1 Å². The number of amides is 2. The minimum absolute atomic E-state index is 0.107. The standard InChI is InChI=1S/C17H23IN2O4/c1-10(2)15(19-11(3)21)16(22)20-14(17(23)24-4)9-12-6-5-7-13(18)8-12/h5-8,10,14-15H,9H2,1-4H3,(H,19,21)(H,20,22)/t14-,15-/m1/s1. The Morgan fingerprint density at radius 3 is 2.38 bits per heavy atom. The zero-order valence-electron chi connectivity index (χ0n) is 14.3. The van der Waals surface area contributed by atoms with E-state index in [1.165, 1.54) is 14.0 Å². The second-order valence-electron chi connectivity index (χ2n) is 5.84. The molecule has 0 unspecified atom stereocenters. The highest BCUT2D eigenvalue weighted by Crippen LogP contribution is 2.11. The molecule has 132 valence electrons. The molecule has 0 spiro atoms. The highest BCUT2D eigenvalue weighted by atomic mass is 127. The van der Waals surface area contributed by atoms with Gasteiger partial charge in [-0.05, 0) is 46.2 Å². The van der Waals surface area contributed by atoms with Crippen LogP contribution < -0.4 is 10.6 Å². The second kappa shape index (κ2) is 9.61. The van der Waals surface area contributed by atoms with Gasteiger partial charge in [0.15, 0.2) is 0 Å². The SMILES string of the molecule is COC(=O)[C@@H](Cc1cccc(I)c1)NC(=O)[C@H](NC(C)=O)C(C)C. The summed E-state index contributed by atoms with van der Waals surface area (Å²) in [6.07, 6.45) is 0.320. The number of hydrogen-bond donors (Lipinski definition) is 2. The molecule has 1 rings (SSSR count). The van der Waals surface area contributed by atoms with Crippen LogP contribution in [-0.4, -0.2) is 37.0 Å². The molecule has 2 amide bonds. The van der Waals surface area contributed by atoms with Crippen LogP contribution in [-0.2, 0) is 25.5 Å². The average Bonchev–Trinajstić information content (AvgIpc) is 2.50. The van der Waals surface area contributed by atoms with Crippen molar-refractivity contribution in [3.63, 3.8) is 0 Å². The number of carbonyl (C=O) groups excluding carboxylic acids is 3. The molecule has 0 aliphatic carbocycles. The summed E-state index contributed by atoms with van der Waals surface area (Å²) >= 11 is 2.19. The van der Waals surface area contributed by atoms with Gasteiger partial charge in [0.2, 0.25) is 11.8 Å². The van der Waals surface area contributed by atoms with Crippen LogP contribution in [0.1, 0.15) is 26.3 Å². The van der Waals surface area contributed by atoms with Crippen LogP contribution in [0, 0.1) is 9.49 Å². The Balaban J connectivity index is 2.90. The lowest BCUT2D eigenvalue weighted by Gasteiger charge is -2.24. The Morgan fingerprint density at radius 1 is 1.21 bits per heavy atom. The lowest BCUT2D eigenvalue weighted by Crippen LogP contribution is -2.54. The van der Waals surface area contributed by atoms with Gasteiger partial charge < -0.3 is 15.4 Å². The van der Waals surface area contributed by atoms with Gasteiger partial charge in [-0.25, -0.2) is 4.79 Å². The van der Waals surface area contributed by atoms with Crippen molar-refractivity contribution in [2.45, 2.75) is 39.3 Å². The Bertz CT molecular complexity index is 604. The van der Waals surface area contributed by atoms with Gasteiger partial charge in [-0.3, -0.25) is 9.59 Å². The smallest absolute Gasteiger partial charge is 0.328 e. The first kappa shape index (κ1) is 20.4. The first-order chi connectivity index (χ1) is 11.2. The molecule has 0 radical (unpaired) electrons. The Hall–Kier alpha value is -1.64. The quantitative estimate of drug-likeness (QED) is 0.493. The molecule has 7 heteroatoms. The van der Waals surface area contributed by atoms with Crippen molar-refractivity contribution in [2.75, 3.05) is 7.11 Å². The molecular weight excluding hydrogens is 423 g/mol. The summed E-state index contributed by atoms with van der Waals surface area (Å²) < 4.78 is 5.83. The maximum Gasteiger partial charge on any atom is 0.328 e. The third kappa shape index (κ3) is 6.46. The van der Waals surface area contributed by atoms with Gasteiger partial charge in [-0.15, -0.1) is 0 Å². The first-order valence-corrected chi connectivity index (χ1v) is 8.72. The van der Waals surface area contributed by atoms with Crippen LogP contribution in [0.4, 0.5) is 0 Å². The largest absolute Gasteiger partial charge is 0.467 e. The minimum atomic E-state index is -0.810. The van der Waals surface area contributed by atoms with Crippen LogP contribution in [0.5, 0.6) is 0 Å². The Labute approximate surface area is 155 Å². The predicted molar refractivity (Wildman–Crippen MR) is 99.3 cm³/mol. The van der Waals surface area contributed by atoms with Crippen molar-refractivity contribution < 1.29 is 19.1 Å². The van der Waals surface area contributed by atoms with E-state index < -0.39 is 24.0 Å². The molecule has 2 N–H and O–H groups in total. The molecule has 0 fully saturated rings. The lowest BCUT2D eigenvalue weighted by atomic mass is 10.0. The number of benzene rings is 1. The monoisotopic (exact) mass is 446 g/mol. The fourth-order valence-corrected chi connectivity index (χ4v) is 2.86. The summed E-state index contributed by atoms with van der Waals surface area (Å²) in [6.45, 7) is 5.01. The van der Waals surface area contributed by atoms with E-state index in [4.69, 9.17) is 4.74 Å². The number of hydrogen-bond acceptors (Lipinski definition) is 4. The number of esters is 1. The Kier molecular flexibility index (Phi) is 8.17. The maximum absolute atomic E-state index is 12.5. The minimum Gasteiger partial charge on any atom is -0.467 e. The number of ether oxygens (including phenoxy) is 1. The molecule has 0 heterocycles. The van der Waals surface area contributed by atoms with E-state index in [-0.39, 0.29) is 11.8 Å². The van der Waals surface area contributed by atoms with E-state index >= 15 is 0 Å². The molecule has 1 aromatic carbocycles. The van der Waals surface area contributed by atoms with Gasteiger partial charge in [0, 0.05) is 16.9 Å².